The Morgan fingerprint density at radius 1 is 0.238 bits per heavy atom. The number of aryl methyl sites for hydroxylation is 1. The van der Waals surface area contributed by atoms with Crippen molar-refractivity contribution in [1.82, 2.24) is 0 Å². The summed E-state index contributed by atoms with van der Waals surface area (Å²) < 4.78 is 294. The molecule has 0 radical (unpaired) electrons. The molecule has 0 saturated carbocycles. The molecule has 468 valence electrons. The Hall–Kier alpha value is -5.28. The Kier molecular flexibility index (Phi) is 29.5. The van der Waals surface area contributed by atoms with Gasteiger partial charge in [-0.3, -0.25) is 0 Å². The lowest BCUT2D eigenvalue weighted by Gasteiger charge is -2.44. The van der Waals surface area contributed by atoms with E-state index in [4.69, 9.17) is 0 Å². The van der Waals surface area contributed by atoms with Crippen molar-refractivity contribution in [3.63, 3.8) is 0 Å². The summed E-state index contributed by atoms with van der Waals surface area (Å²) in [6.07, 6.45) is 31.2. The maximum Gasteiger partial charge on any atom is 0.200 e. The lowest BCUT2D eigenvalue weighted by molar-refractivity contribution is -0.833. The third-order valence-electron chi connectivity index (χ3n) is 15.6. The fraction of sp³-hybridized carbons (Fsp3) is 0.516. The highest BCUT2D eigenvalue weighted by Crippen LogP contribution is 2.31. The minimum Gasteiger partial charge on any atom is -0.302 e. The zero-order chi connectivity index (χ0) is 62.4. The number of quaternary nitrogens is 1. The molecule has 0 aliphatic rings. The molecule has 0 saturated heterocycles. The molecule has 0 fully saturated rings. The van der Waals surface area contributed by atoms with E-state index in [0.717, 1.165) is 0 Å². The van der Waals surface area contributed by atoms with Gasteiger partial charge in [0.25, 0.3) is 0 Å². The fourth-order valence-corrected chi connectivity index (χ4v) is 10.9. The monoisotopic (exact) mass is 1220 g/mol. The maximum atomic E-state index is 15.4. The molecule has 0 amide bonds. The summed E-state index contributed by atoms with van der Waals surface area (Å²) in [7, 11) is 0. The molecular formula is C62H72BF20N. The largest absolute Gasteiger partial charge is 0.302 e. The smallest absolute Gasteiger partial charge is 0.200 e. The summed E-state index contributed by atoms with van der Waals surface area (Å²) in [5.41, 5.74) is -11.3. The van der Waals surface area contributed by atoms with Crippen LogP contribution in [0.2, 0.25) is 0 Å². The molecule has 0 atom stereocenters. The lowest BCUT2D eigenvalue weighted by atomic mass is 9.12. The van der Waals surface area contributed by atoms with E-state index < -0.39 is 144 Å². The molecular weight excluding hydrogens is 1150 g/mol. The SMILES string of the molecule is CCCCCCCCCCCCCC[NH+](CCCCCCCCCCCCCC)c1ccc(CCCC)cc1.Fc1c(F)c(F)c([B-](c2c(F)c(F)c(F)c(F)c2F)(c2c(F)c(F)c(F)c(F)c2F)c2c(F)c(F)c(F)c(F)c2F)c(F)c1F. The van der Waals surface area contributed by atoms with Gasteiger partial charge in [-0.05, 0) is 56.2 Å². The van der Waals surface area contributed by atoms with Crippen LogP contribution in [0.25, 0.3) is 0 Å². The molecule has 5 rings (SSSR count). The summed E-state index contributed by atoms with van der Waals surface area (Å²) in [6.45, 7) is 9.56. The fourth-order valence-electron chi connectivity index (χ4n) is 10.9. The molecule has 5 aromatic rings. The summed E-state index contributed by atoms with van der Waals surface area (Å²) in [5.74, 6) is -71.4. The van der Waals surface area contributed by atoms with Gasteiger partial charge >= 0.3 is 0 Å². The van der Waals surface area contributed by atoms with Gasteiger partial charge in [-0.1, -0.05) is 168 Å². The van der Waals surface area contributed by atoms with Gasteiger partial charge in [-0.25, -0.2) is 87.8 Å². The van der Waals surface area contributed by atoms with Crippen LogP contribution in [-0.2, 0) is 6.42 Å². The number of benzene rings is 5. The van der Waals surface area contributed by atoms with Crippen LogP contribution in [-0.4, -0.2) is 19.2 Å². The Balaban J connectivity index is 0.000000365. The number of rotatable bonds is 34. The van der Waals surface area contributed by atoms with Crippen molar-refractivity contribution >= 4 is 33.7 Å². The van der Waals surface area contributed by atoms with Gasteiger partial charge in [-0.2, -0.15) is 0 Å². The van der Waals surface area contributed by atoms with E-state index in [1.807, 2.05) is 0 Å². The molecule has 0 aromatic heterocycles. The highest BCUT2D eigenvalue weighted by molar-refractivity contribution is 7.20. The normalized spacial score (nSPS) is 11.8. The first-order chi connectivity index (χ1) is 40.0. The zero-order valence-electron chi connectivity index (χ0n) is 47.5. The Morgan fingerprint density at radius 2 is 0.429 bits per heavy atom. The average Bonchev–Trinajstić information content (AvgIpc) is 0.761. The number of halogens is 20. The Bertz CT molecular complexity index is 2490. The molecule has 0 aliphatic carbocycles. The van der Waals surface area contributed by atoms with Gasteiger partial charge in [0, 0.05) is 0 Å². The quantitative estimate of drug-likeness (QED) is 0.0138. The van der Waals surface area contributed by atoms with Gasteiger partial charge in [0.1, 0.15) is 58.4 Å². The molecule has 1 N–H and O–H groups in total. The first-order valence-electron chi connectivity index (χ1n) is 29.2. The molecule has 5 aromatic carbocycles. The first kappa shape index (κ1) is 71.2. The van der Waals surface area contributed by atoms with Crippen LogP contribution >= 0.6 is 0 Å². The van der Waals surface area contributed by atoms with Crippen LogP contribution in [0.15, 0.2) is 24.3 Å². The van der Waals surface area contributed by atoms with Gasteiger partial charge in [0.15, 0.2) is 69.8 Å². The van der Waals surface area contributed by atoms with Gasteiger partial charge < -0.3 is 4.90 Å². The second-order valence-electron chi connectivity index (χ2n) is 21.5. The van der Waals surface area contributed by atoms with E-state index in [1.165, 1.54) is 192 Å². The molecule has 0 heterocycles. The predicted octanol–water partition coefficient (Wildman–Crippen LogP) is 17.8. The van der Waals surface area contributed by atoms with Crippen molar-refractivity contribution in [2.45, 2.75) is 194 Å². The number of unbranched alkanes of at least 4 members (excludes halogenated alkanes) is 23. The van der Waals surface area contributed by atoms with Crippen molar-refractivity contribution in [1.29, 1.82) is 0 Å². The summed E-state index contributed by atoms with van der Waals surface area (Å²) in [6, 6.07) is 9.72. The minimum absolute atomic E-state index is 1.24. The molecule has 84 heavy (non-hydrogen) atoms. The standard InChI is InChI=1S/C38H71N.C24BF20/c1-4-7-10-12-14-16-18-20-22-24-26-28-35-39(38-33-31-37(32-34-38)30-9-6-3)36-29-27-25-23-21-19-17-15-13-11-8-5-2;26-5-1(6(27)14(35)21(42)13(5)34)25(2-7(28)15(36)22(43)16(37)8(2)29,3-9(30)17(38)23(44)18(39)10(3)31)4-11(32)19(40)24(45)20(41)12(4)33/h31-34H,4-30,35-36H2,1-3H3;/q;-1/p+1. The summed E-state index contributed by atoms with van der Waals surface area (Å²) >= 11 is 0. The van der Waals surface area contributed by atoms with Crippen molar-refractivity contribution in [2.75, 3.05) is 13.1 Å². The van der Waals surface area contributed by atoms with Crippen molar-refractivity contribution in [3.05, 3.63) is 146 Å². The average molecular weight is 1220 g/mol. The third-order valence-corrected chi connectivity index (χ3v) is 15.6. The van der Waals surface area contributed by atoms with Crippen LogP contribution < -0.4 is 26.8 Å². The second-order valence-corrected chi connectivity index (χ2v) is 21.5. The number of hydrogen-bond acceptors (Lipinski definition) is 0. The molecule has 22 heteroatoms. The molecule has 0 bridgehead atoms. The minimum atomic E-state index is -7.22. The van der Waals surface area contributed by atoms with E-state index in [-0.39, 0.29) is 0 Å². The van der Waals surface area contributed by atoms with Crippen molar-refractivity contribution in [3.8, 4) is 0 Å². The van der Waals surface area contributed by atoms with E-state index in [0.29, 0.717) is 0 Å². The Labute approximate surface area is 478 Å². The lowest BCUT2D eigenvalue weighted by Crippen LogP contribution is -3.07. The second kappa shape index (κ2) is 34.8. The van der Waals surface area contributed by atoms with Gasteiger partial charge in [0.05, 0.1) is 13.1 Å². The maximum absolute atomic E-state index is 15.4. The number of nitrogens with one attached hydrogen (secondary N) is 1. The summed E-state index contributed by atoms with van der Waals surface area (Å²) in [4.78, 5) is 1.75. The van der Waals surface area contributed by atoms with Gasteiger partial charge in [0.2, 0.25) is 0 Å². The molecule has 1 nitrogen and oxygen atoms in total. The predicted molar refractivity (Wildman–Crippen MR) is 287 cm³/mol. The van der Waals surface area contributed by atoms with Crippen LogP contribution in [0.1, 0.15) is 193 Å². The highest BCUT2D eigenvalue weighted by atomic mass is 19.2. The van der Waals surface area contributed by atoms with Crippen LogP contribution in [0.3, 0.4) is 0 Å². The van der Waals surface area contributed by atoms with Crippen LogP contribution in [0.5, 0.6) is 0 Å². The Morgan fingerprint density at radius 3 is 0.643 bits per heavy atom. The van der Waals surface area contributed by atoms with Crippen LogP contribution in [0.4, 0.5) is 93.5 Å². The van der Waals surface area contributed by atoms with Crippen molar-refractivity contribution in [2.24, 2.45) is 0 Å². The first-order valence-corrected chi connectivity index (χ1v) is 29.2. The van der Waals surface area contributed by atoms with Crippen LogP contribution in [0, 0.1) is 116 Å². The van der Waals surface area contributed by atoms with E-state index in [2.05, 4.69) is 45.0 Å². The zero-order valence-corrected chi connectivity index (χ0v) is 47.5. The molecule has 0 spiro atoms. The van der Waals surface area contributed by atoms with Crippen molar-refractivity contribution < 1.29 is 92.7 Å². The van der Waals surface area contributed by atoms with E-state index in [1.54, 1.807) is 10.6 Å². The topological polar surface area (TPSA) is 4.44 Å². The third kappa shape index (κ3) is 17.0. The van der Waals surface area contributed by atoms with Gasteiger partial charge in [-0.15, -0.1) is 21.9 Å². The van der Waals surface area contributed by atoms with E-state index in [9.17, 15) is 52.7 Å². The van der Waals surface area contributed by atoms with E-state index >= 15 is 35.1 Å². The summed E-state index contributed by atoms with van der Waals surface area (Å²) in [5, 5.41) is 0. The highest BCUT2D eigenvalue weighted by Gasteiger charge is 2.52. The number of hydrogen-bond donors (Lipinski definition) is 1. The molecule has 0 unspecified atom stereocenters. The molecule has 0 aliphatic heterocycles.